The van der Waals surface area contributed by atoms with Crippen molar-refractivity contribution in [2.75, 3.05) is 6.54 Å². The molecule has 0 bridgehead atoms. The third-order valence-electron chi connectivity index (χ3n) is 4.83. The number of oxazole rings is 1. The van der Waals surface area contributed by atoms with Crippen molar-refractivity contribution in [3.05, 3.63) is 71.9 Å². The molecule has 0 aliphatic carbocycles. The molecule has 5 nitrogen and oxygen atoms in total. The van der Waals surface area contributed by atoms with E-state index in [4.69, 9.17) is 4.42 Å². The first kappa shape index (κ1) is 16.5. The van der Waals surface area contributed by atoms with E-state index in [0.717, 1.165) is 30.6 Å². The first-order valence-corrected chi connectivity index (χ1v) is 8.94. The van der Waals surface area contributed by atoms with Gasteiger partial charge in [0.05, 0.1) is 23.9 Å². The van der Waals surface area contributed by atoms with Crippen molar-refractivity contribution in [1.82, 2.24) is 14.9 Å². The average molecular weight is 347 g/mol. The van der Waals surface area contributed by atoms with Crippen molar-refractivity contribution in [3.8, 4) is 11.5 Å². The van der Waals surface area contributed by atoms with Crippen molar-refractivity contribution in [2.45, 2.75) is 32.2 Å². The van der Waals surface area contributed by atoms with Gasteiger partial charge in [0.15, 0.2) is 0 Å². The summed E-state index contributed by atoms with van der Waals surface area (Å²) < 4.78 is 5.78. The summed E-state index contributed by atoms with van der Waals surface area (Å²) in [6.07, 6.45) is 3.99. The highest BCUT2D eigenvalue weighted by molar-refractivity contribution is 5.79. The topological polar surface area (TPSA) is 59.2 Å². The van der Waals surface area contributed by atoms with Crippen LogP contribution in [0.2, 0.25) is 0 Å². The van der Waals surface area contributed by atoms with E-state index in [1.807, 2.05) is 60.4 Å². The summed E-state index contributed by atoms with van der Waals surface area (Å²) >= 11 is 0. The van der Waals surface area contributed by atoms with Crippen LogP contribution in [-0.2, 0) is 11.2 Å². The molecule has 1 amide bonds. The van der Waals surface area contributed by atoms with E-state index in [1.54, 1.807) is 6.20 Å². The van der Waals surface area contributed by atoms with Crippen molar-refractivity contribution < 1.29 is 9.21 Å². The molecule has 3 aromatic rings. The second-order valence-electron chi connectivity index (χ2n) is 6.56. The second-order valence-corrected chi connectivity index (χ2v) is 6.56. The van der Waals surface area contributed by atoms with Gasteiger partial charge < -0.3 is 9.32 Å². The van der Waals surface area contributed by atoms with Gasteiger partial charge in [0.1, 0.15) is 5.76 Å². The van der Waals surface area contributed by atoms with E-state index in [1.165, 1.54) is 0 Å². The minimum absolute atomic E-state index is 0.0597. The van der Waals surface area contributed by atoms with Gasteiger partial charge in [-0.25, -0.2) is 4.98 Å². The number of likely N-dealkylation sites (tertiary alicyclic amines) is 1. The maximum absolute atomic E-state index is 12.9. The number of carbonyl (C=O) groups excluding carboxylic acids is 1. The molecule has 26 heavy (non-hydrogen) atoms. The number of hydrogen-bond donors (Lipinski definition) is 0. The van der Waals surface area contributed by atoms with Crippen molar-refractivity contribution >= 4 is 5.91 Å². The van der Waals surface area contributed by atoms with E-state index in [-0.39, 0.29) is 18.4 Å². The van der Waals surface area contributed by atoms with Gasteiger partial charge in [-0.05, 0) is 44.0 Å². The molecule has 1 saturated heterocycles. The molecule has 3 heterocycles. The molecule has 1 aliphatic heterocycles. The number of aryl methyl sites for hydroxylation is 1. The number of aromatic nitrogens is 2. The van der Waals surface area contributed by atoms with Crippen LogP contribution in [0.5, 0.6) is 0 Å². The molecule has 132 valence electrons. The SMILES string of the molecule is Cc1oc(-c2ccccc2)nc1CC(=O)N1CCC[C@H]1c1ccccn1. The molecule has 1 fully saturated rings. The fourth-order valence-electron chi connectivity index (χ4n) is 3.49. The summed E-state index contributed by atoms with van der Waals surface area (Å²) in [7, 11) is 0. The molecule has 1 aromatic carbocycles. The van der Waals surface area contributed by atoms with Crippen LogP contribution in [0.1, 0.15) is 36.0 Å². The van der Waals surface area contributed by atoms with Crippen molar-refractivity contribution in [2.24, 2.45) is 0 Å². The van der Waals surface area contributed by atoms with Crippen LogP contribution in [0.15, 0.2) is 59.1 Å². The Labute approximate surface area is 152 Å². The standard InChI is InChI=1S/C21H21N3O2/c1-15-18(23-21(26-15)16-8-3-2-4-9-16)14-20(25)24-13-7-11-19(24)17-10-5-6-12-22-17/h2-6,8-10,12,19H,7,11,13-14H2,1H3/t19-/m0/s1. The Morgan fingerprint density at radius 1 is 1.19 bits per heavy atom. The van der Waals surface area contributed by atoms with Crippen LogP contribution in [0.3, 0.4) is 0 Å². The first-order chi connectivity index (χ1) is 12.7. The molecule has 0 unspecified atom stereocenters. The molecule has 0 saturated carbocycles. The fraction of sp³-hybridized carbons (Fsp3) is 0.286. The zero-order valence-corrected chi connectivity index (χ0v) is 14.8. The van der Waals surface area contributed by atoms with Crippen LogP contribution >= 0.6 is 0 Å². The Morgan fingerprint density at radius 3 is 2.77 bits per heavy atom. The van der Waals surface area contributed by atoms with Gasteiger partial charge in [0.2, 0.25) is 11.8 Å². The van der Waals surface area contributed by atoms with Crippen molar-refractivity contribution in [3.63, 3.8) is 0 Å². The maximum atomic E-state index is 12.9. The van der Waals surface area contributed by atoms with Gasteiger partial charge in [-0.2, -0.15) is 0 Å². The van der Waals surface area contributed by atoms with Crippen LogP contribution in [-0.4, -0.2) is 27.3 Å². The summed E-state index contributed by atoms with van der Waals surface area (Å²) in [4.78, 5) is 23.8. The Morgan fingerprint density at radius 2 is 2.00 bits per heavy atom. The van der Waals surface area contributed by atoms with Crippen LogP contribution in [0.4, 0.5) is 0 Å². The Bertz CT molecular complexity index is 890. The number of nitrogens with zero attached hydrogens (tertiary/aromatic N) is 3. The Hall–Kier alpha value is -2.95. The highest BCUT2D eigenvalue weighted by atomic mass is 16.4. The number of amides is 1. The molecular weight excluding hydrogens is 326 g/mol. The highest BCUT2D eigenvalue weighted by Gasteiger charge is 2.31. The molecule has 0 spiro atoms. The molecule has 2 aromatic heterocycles. The number of benzene rings is 1. The molecule has 1 aliphatic rings. The van der Waals surface area contributed by atoms with Gasteiger partial charge in [-0.15, -0.1) is 0 Å². The minimum atomic E-state index is 0.0597. The lowest BCUT2D eigenvalue weighted by Gasteiger charge is -2.24. The molecular formula is C21H21N3O2. The maximum Gasteiger partial charge on any atom is 0.229 e. The summed E-state index contributed by atoms with van der Waals surface area (Å²) in [6, 6.07) is 15.7. The normalized spacial score (nSPS) is 16.8. The Kier molecular flexibility index (Phi) is 4.52. The average Bonchev–Trinajstić information content (AvgIpc) is 3.31. The van der Waals surface area contributed by atoms with Gasteiger partial charge in [0.25, 0.3) is 0 Å². The van der Waals surface area contributed by atoms with Crippen LogP contribution in [0.25, 0.3) is 11.5 Å². The van der Waals surface area contributed by atoms with E-state index >= 15 is 0 Å². The van der Waals surface area contributed by atoms with E-state index in [0.29, 0.717) is 17.3 Å². The van der Waals surface area contributed by atoms with Gasteiger partial charge >= 0.3 is 0 Å². The third kappa shape index (κ3) is 3.25. The zero-order chi connectivity index (χ0) is 17.9. The predicted molar refractivity (Wildman–Crippen MR) is 98.3 cm³/mol. The molecule has 5 heteroatoms. The molecule has 0 radical (unpaired) electrons. The third-order valence-corrected chi connectivity index (χ3v) is 4.83. The van der Waals surface area contributed by atoms with Gasteiger partial charge in [-0.1, -0.05) is 24.3 Å². The van der Waals surface area contributed by atoms with E-state index in [9.17, 15) is 4.79 Å². The summed E-state index contributed by atoms with van der Waals surface area (Å²) in [5.74, 6) is 1.34. The molecule has 4 rings (SSSR count). The number of hydrogen-bond acceptors (Lipinski definition) is 4. The summed E-state index contributed by atoms with van der Waals surface area (Å²) in [5, 5.41) is 0. The van der Waals surface area contributed by atoms with E-state index in [2.05, 4.69) is 9.97 Å². The van der Waals surface area contributed by atoms with Crippen LogP contribution < -0.4 is 0 Å². The van der Waals surface area contributed by atoms with E-state index < -0.39 is 0 Å². The smallest absolute Gasteiger partial charge is 0.229 e. The number of pyridine rings is 1. The quantitative estimate of drug-likeness (QED) is 0.717. The Balaban J connectivity index is 1.52. The predicted octanol–water partition coefficient (Wildman–Crippen LogP) is 3.95. The first-order valence-electron chi connectivity index (χ1n) is 8.94. The fourth-order valence-corrected chi connectivity index (χ4v) is 3.49. The number of rotatable bonds is 4. The lowest BCUT2D eigenvalue weighted by Crippen LogP contribution is -2.32. The lowest BCUT2D eigenvalue weighted by atomic mass is 10.1. The number of carbonyl (C=O) groups is 1. The second kappa shape index (κ2) is 7.12. The monoisotopic (exact) mass is 347 g/mol. The molecule has 0 N–H and O–H groups in total. The highest BCUT2D eigenvalue weighted by Crippen LogP contribution is 2.31. The summed E-state index contributed by atoms with van der Waals surface area (Å²) in [6.45, 7) is 2.63. The lowest BCUT2D eigenvalue weighted by molar-refractivity contribution is -0.131. The van der Waals surface area contributed by atoms with Gasteiger partial charge in [0, 0.05) is 18.3 Å². The van der Waals surface area contributed by atoms with Crippen molar-refractivity contribution in [1.29, 1.82) is 0 Å². The molecule has 1 atom stereocenters. The van der Waals surface area contributed by atoms with Gasteiger partial charge in [-0.3, -0.25) is 9.78 Å². The summed E-state index contributed by atoms with van der Waals surface area (Å²) in [5.41, 5.74) is 2.59. The van der Waals surface area contributed by atoms with Crippen LogP contribution in [0, 0.1) is 6.92 Å². The zero-order valence-electron chi connectivity index (χ0n) is 14.8. The minimum Gasteiger partial charge on any atom is -0.441 e. The largest absolute Gasteiger partial charge is 0.441 e.